The first-order chi connectivity index (χ1) is 5.77. The van der Waals surface area contributed by atoms with Crippen molar-refractivity contribution in [2.75, 3.05) is 14.2 Å². The van der Waals surface area contributed by atoms with Crippen molar-refractivity contribution in [2.24, 2.45) is 0 Å². The SMILES string of the molecule is CN[C@@H](C)c1cccc(OC)c1. The van der Waals surface area contributed by atoms with Gasteiger partial charge >= 0.3 is 0 Å². The van der Waals surface area contributed by atoms with Crippen LogP contribution in [-0.4, -0.2) is 14.2 Å². The lowest BCUT2D eigenvalue weighted by Crippen LogP contribution is -2.11. The van der Waals surface area contributed by atoms with Gasteiger partial charge in [0.25, 0.3) is 0 Å². The molecule has 0 aliphatic rings. The van der Waals surface area contributed by atoms with E-state index in [1.165, 1.54) is 5.56 Å². The Bertz CT molecular complexity index is 247. The Labute approximate surface area is 73.6 Å². The molecule has 0 fully saturated rings. The van der Waals surface area contributed by atoms with Crippen molar-refractivity contribution in [3.8, 4) is 5.75 Å². The lowest BCUT2D eigenvalue weighted by molar-refractivity contribution is 0.413. The minimum atomic E-state index is 0.375. The van der Waals surface area contributed by atoms with Crippen LogP contribution in [0.4, 0.5) is 0 Å². The van der Waals surface area contributed by atoms with E-state index in [1.807, 2.05) is 25.2 Å². The number of ether oxygens (including phenoxy) is 1. The van der Waals surface area contributed by atoms with Gasteiger partial charge in [0, 0.05) is 6.04 Å². The maximum absolute atomic E-state index is 5.12. The summed E-state index contributed by atoms with van der Waals surface area (Å²) >= 11 is 0. The lowest BCUT2D eigenvalue weighted by atomic mass is 10.1. The van der Waals surface area contributed by atoms with Crippen LogP contribution in [-0.2, 0) is 0 Å². The largest absolute Gasteiger partial charge is 0.497 e. The summed E-state index contributed by atoms with van der Waals surface area (Å²) in [6.07, 6.45) is 0. The van der Waals surface area contributed by atoms with Gasteiger partial charge in [-0.15, -0.1) is 0 Å². The van der Waals surface area contributed by atoms with Gasteiger partial charge in [-0.2, -0.15) is 0 Å². The predicted octanol–water partition coefficient (Wildman–Crippen LogP) is 1.98. The molecule has 2 heteroatoms. The molecule has 0 spiro atoms. The zero-order chi connectivity index (χ0) is 8.97. The predicted molar refractivity (Wildman–Crippen MR) is 50.5 cm³/mol. The Morgan fingerprint density at radius 2 is 2.17 bits per heavy atom. The van der Waals surface area contributed by atoms with Crippen molar-refractivity contribution in [1.82, 2.24) is 5.32 Å². The molecule has 0 amide bonds. The zero-order valence-electron chi connectivity index (χ0n) is 7.79. The maximum Gasteiger partial charge on any atom is 0.119 e. The first-order valence-electron chi connectivity index (χ1n) is 4.09. The van der Waals surface area contributed by atoms with Crippen LogP contribution in [0.1, 0.15) is 18.5 Å². The summed E-state index contributed by atoms with van der Waals surface area (Å²) in [5.74, 6) is 0.912. The minimum Gasteiger partial charge on any atom is -0.497 e. The van der Waals surface area contributed by atoms with Gasteiger partial charge in [0.2, 0.25) is 0 Å². The Hall–Kier alpha value is -1.02. The molecule has 1 atom stereocenters. The first-order valence-corrected chi connectivity index (χ1v) is 4.09. The molecule has 66 valence electrons. The summed E-state index contributed by atoms with van der Waals surface area (Å²) in [6, 6.07) is 8.46. The monoisotopic (exact) mass is 165 g/mol. The summed E-state index contributed by atoms with van der Waals surface area (Å²) in [5.41, 5.74) is 1.25. The van der Waals surface area contributed by atoms with Crippen LogP contribution in [0, 0.1) is 0 Å². The molecule has 0 heterocycles. The van der Waals surface area contributed by atoms with Crippen LogP contribution in [0.15, 0.2) is 24.3 Å². The molecule has 0 radical (unpaired) electrons. The molecule has 12 heavy (non-hydrogen) atoms. The second-order valence-electron chi connectivity index (χ2n) is 2.79. The number of methoxy groups -OCH3 is 1. The lowest BCUT2D eigenvalue weighted by Gasteiger charge is -2.11. The van der Waals surface area contributed by atoms with Gasteiger partial charge in [-0.25, -0.2) is 0 Å². The molecule has 0 aliphatic carbocycles. The molecule has 2 nitrogen and oxygen atoms in total. The van der Waals surface area contributed by atoms with Gasteiger partial charge in [0.15, 0.2) is 0 Å². The molecule has 1 N–H and O–H groups in total. The minimum absolute atomic E-state index is 0.375. The first kappa shape index (κ1) is 9.07. The normalized spacial score (nSPS) is 12.6. The van der Waals surface area contributed by atoms with E-state index >= 15 is 0 Å². The van der Waals surface area contributed by atoms with Crippen LogP contribution >= 0.6 is 0 Å². The molecule has 1 aromatic carbocycles. The second kappa shape index (κ2) is 4.12. The summed E-state index contributed by atoms with van der Waals surface area (Å²) in [7, 11) is 3.63. The molecule has 0 saturated heterocycles. The molecule has 0 saturated carbocycles. The number of hydrogen-bond donors (Lipinski definition) is 1. The fourth-order valence-corrected chi connectivity index (χ4v) is 1.08. The molecule has 0 aliphatic heterocycles. The van der Waals surface area contributed by atoms with Crippen LogP contribution in [0.2, 0.25) is 0 Å². The number of rotatable bonds is 3. The molecule has 0 aromatic heterocycles. The average Bonchev–Trinajstić information content (AvgIpc) is 2.17. The number of benzene rings is 1. The molecular formula is C10H15NO. The van der Waals surface area contributed by atoms with Crippen LogP contribution in [0.5, 0.6) is 5.75 Å². The second-order valence-corrected chi connectivity index (χ2v) is 2.79. The van der Waals surface area contributed by atoms with Crippen LogP contribution in [0.25, 0.3) is 0 Å². The van der Waals surface area contributed by atoms with Crippen molar-refractivity contribution < 1.29 is 4.74 Å². The topological polar surface area (TPSA) is 21.3 Å². The van der Waals surface area contributed by atoms with Crippen molar-refractivity contribution in [3.63, 3.8) is 0 Å². The molecule has 0 unspecified atom stereocenters. The Balaban J connectivity index is 2.86. The number of nitrogens with one attached hydrogen (secondary N) is 1. The molecule has 1 aromatic rings. The van der Waals surface area contributed by atoms with Crippen molar-refractivity contribution in [1.29, 1.82) is 0 Å². The highest BCUT2D eigenvalue weighted by Crippen LogP contribution is 2.17. The molecular weight excluding hydrogens is 150 g/mol. The highest BCUT2D eigenvalue weighted by Gasteiger charge is 2.01. The highest BCUT2D eigenvalue weighted by molar-refractivity contribution is 5.30. The Kier molecular flexibility index (Phi) is 3.11. The van der Waals surface area contributed by atoms with E-state index in [-0.39, 0.29) is 0 Å². The van der Waals surface area contributed by atoms with E-state index in [9.17, 15) is 0 Å². The summed E-state index contributed by atoms with van der Waals surface area (Å²) in [6.45, 7) is 2.12. The van der Waals surface area contributed by atoms with Gasteiger partial charge in [-0.05, 0) is 31.7 Å². The van der Waals surface area contributed by atoms with Gasteiger partial charge in [0.05, 0.1) is 7.11 Å². The van der Waals surface area contributed by atoms with E-state index < -0.39 is 0 Å². The maximum atomic E-state index is 5.12. The van der Waals surface area contributed by atoms with Gasteiger partial charge in [0.1, 0.15) is 5.75 Å². The van der Waals surface area contributed by atoms with E-state index in [0.29, 0.717) is 6.04 Å². The van der Waals surface area contributed by atoms with E-state index in [1.54, 1.807) is 7.11 Å². The molecule has 0 bridgehead atoms. The Morgan fingerprint density at radius 1 is 1.42 bits per heavy atom. The number of hydrogen-bond acceptors (Lipinski definition) is 2. The highest BCUT2D eigenvalue weighted by atomic mass is 16.5. The third kappa shape index (κ3) is 1.98. The van der Waals surface area contributed by atoms with E-state index in [4.69, 9.17) is 4.74 Å². The summed E-state index contributed by atoms with van der Waals surface area (Å²) in [5, 5.41) is 3.18. The summed E-state index contributed by atoms with van der Waals surface area (Å²) < 4.78 is 5.12. The smallest absolute Gasteiger partial charge is 0.119 e. The van der Waals surface area contributed by atoms with Gasteiger partial charge in [-0.1, -0.05) is 12.1 Å². The Morgan fingerprint density at radius 3 is 2.75 bits per heavy atom. The van der Waals surface area contributed by atoms with E-state index in [0.717, 1.165) is 5.75 Å². The average molecular weight is 165 g/mol. The third-order valence-electron chi connectivity index (χ3n) is 2.03. The molecule has 1 rings (SSSR count). The van der Waals surface area contributed by atoms with Crippen molar-refractivity contribution >= 4 is 0 Å². The van der Waals surface area contributed by atoms with Gasteiger partial charge < -0.3 is 10.1 Å². The third-order valence-corrected chi connectivity index (χ3v) is 2.03. The zero-order valence-corrected chi connectivity index (χ0v) is 7.79. The van der Waals surface area contributed by atoms with Crippen LogP contribution < -0.4 is 10.1 Å². The fraction of sp³-hybridized carbons (Fsp3) is 0.400. The van der Waals surface area contributed by atoms with Crippen molar-refractivity contribution in [2.45, 2.75) is 13.0 Å². The standard InChI is InChI=1S/C10H15NO/c1-8(11-2)9-5-4-6-10(7-9)12-3/h4-8,11H,1-3H3/t8-/m0/s1. The van der Waals surface area contributed by atoms with E-state index in [2.05, 4.69) is 18.3 Å². The van der Waals surface area contributed by atoms with Gasteiger partial charge in [-0.3, -0.25) is 0 Å². The van der Waals surface area contributed by atoms with Crippen LogP contribution in [0.3, 0.4) is 0 Å². The quantitative estimate of drug-likeness (QED) is 0.739. The van der Waals surface area contributed by atoms with Crippen molar-refractivity contribution in [3.05, 3.63) is 29.8 Å². The fourth-order valence-electron chi connectivity index (χ4n) is 1.08. The summed E-state index contributed by atoms with van der Waals surface area (Å²) in [4.78, 5) is 0.